The van der Waals surface area contributed by atoms with Gasteiger partial charge < -0.3 is 15.4 Å². The Labute approximate surface area is 162 Å². The van der Waals surface area contributed by atoms with Gasteiger partial charge in [-0.2, -0.15) is 0 Å². The number of nitrogens with zero attached hydrogens (tertiary/aromatic N) is 2. The second kappa shape index (κ2) is 10.3. The van der Waals surface area contributed by atoms with E-state index in [0.29, 0.717) is 6.54 Å². The molecule has 2 saturated heterocycles. The summed E-state index contributed by atoms with van der Waals surface area (Å²) in [5, 5.41) is 0. The molecule has 2 aliphatic rings. The molecule has 0 aliphatic carbocycles. The highest BCUT2D eigenvalue weighted by Crippen LogP contribution is 2.21. The number of carbonyl (C=O) groups is 1. The van der Waals surface area contributed by atoms with Gasteiger partial charge in [0.25, 0.3) is 5.91 Å². The molecule has 1 aromatic carbocycles. The van der Waals surface area contributed by atoms with E-state index in [4.69, 9.17) is 10.5 Å². The molecule has 2 atom stereocenters. The van der Waals surface area contributed by atoms with Gasteiger partial charge in [0.05, 0.1) is 6.10 Å². The lowest BCUT2D eigenvalue weighted by atomic mass is 10.1. The zero-order chi connectivity index (χ0) is 16.2. The number of aryl methyl sites for hydroxylation is 1. The molecule has 0 bridgehead atoms. The van der Waals surface area contributed by atoms with Crippen molar-refractivity contribution < 1.29 is 9.53 Å². The summed E-state index contributed by atoms with van der Waals surface area (Å²) in [6, 6.07) is 8.63. The Kier molecular flexibility index (Phi) is 9.17. The normalized spacial score (nSPS) is 23.7. The number of hydrogen-bond donors (Lipinski definition) is 1. The van der Waals surface area contributed by atoms with Gasteiger partial charge in [0.1, 0.15) is 6.10 Å². The third kappa shape index (κ3) is 5.83. The summed E-state index contributed by atoms with van der Waals surface area (Å²) in [5.74, 6) is 0.149. The summed E-state index contributed by atoms with van der Waals surface area (Å²) in [4.78, 5) is 16.9. The molecule has 2 heterocycles. The highest BCUT2D eigenvalue weighted by Gasteiger charge is 2.34. The van der Waals surface area contributed by atoms with E-state index in [0.717, 1.165) is 45.6 Å². The first-order valence-electron chi connectivity index (χ1n) is 8.58. The van der Waals surface area contributed by atoms with Gasteiger partial charge in [-0.05, 0) is 25.3 Å². The second-order valence-electron chi connectivity index (χ2n) is 6.65. The SMILES string of the molecule is Cc1cccc(CN2CCN(C(=O)[C@@H]3CC[C@H](CN)O3)CC2)c1.Cl.Cl. The molecule has 25 heavy (non-hydrogen) atoms. The van der Waals surface area contributed by atoms with Gasteiger partial charge in [-0.1, -0.05) is 29.8 Å². The average molecular weight is 390 g/mol. The van der Waals surface area contributed by atoms with Crippen LogP contribution < -0.4 is 5.73 Å². The molecule has 0 aromatic heterocycles. The fraction of sp³-hybridized carbons (Fsp3) is 0.611. The summed E-state index contributed by atoms with van der Waals surface area (Å²) >= 11 is 0. The number of carbonyl (C=O) groups excluding carboxylic acids is 1. The zero-order valence-corrected chi connectivity index (χ0v) is 16.4. The highest BCUT2D eigenvalue weighted by atomic mass is 35.5. The van der Waals surface area contributed by atoms with Crippen LogP contribution in [0.4, 0.5) is 0 Å². The minimum Gasteiger partial charge on any atom is -0.364 e. The fourth-order valence-corrected chi connectivity index (χ4v) is 3.46. The molecule has 0 unspecified atom stereocenters. The number of rotatable bonds is 4. The van der Waals surface area contributed by atoms with Crippen molar-refractivity contribution in [3.05, 3.63) is 35.4 Å². The highest BCUT2D eigenvalue weighted by molar-refractivity contribution is 5.85. The molecule has 5 nitrogen and oxygen atoms in total. The molecule has 7 heteroatoms. The van der Waals surface area contributed by atoms with Crippen LogP contribution in [0.1, 0.15) is 24.0 Å². The Morgan fingerprint density at radius 1 is 1.20 bits per heavy atom. The molecule has 1 aromatic rings. The van der Waals surface area contributed by atoms with Crippen molar-refractivity contribution in [3.63, 3.8) is 0 Å². The van der Waals surface area contributed by atoms with Crippen LogP contribution in [-0.2, 0) is 16.1 Å². The molecule has 3 rings (SSSR count). The molecule has 0 radical (unpaired) electrons. The van der Waals surface area contributed by atoms with Crippen molar-refractivity contribution in [1.29, 1.82) is 0 Å². The third-order valence-electron chi connectivity index (χ3n) is 4.82. The quantitative estimate of drug-likeness (QED) is 0.855. The van der Waals surface area contributed by atoms with Crippen LogP contribution in [0.25, 0.3) is 0 Å². The largest absolute Gasteiger partial charge is 0.364 e. The topological polar surface area (TPSA) is 58.8 Å². The summed E-state index contributed by atoms with van der Waals surface area (Å²) in [5.41, 5.74) is 8.26. The van der Waals surface area contributed by atoms with E-state index in [-0.39, 0.29) is 42.9 Å². The third-order valence-corrected chi connectivity index (χ3v) is 4.82. The van der Waals surface area contributed by atoms with Gasteiger partial charge in [0.2, 0.25) is 0 Å². The van der Waals surface area contributed by atoms with Crippen molar-refractivity contribution in [2.45, 2.75) is 38.5 Å². The van der Waals surface area contributed by atoms with Crippen LogP contribution in [0.15, 0.2) is 24.3 Å². The van der Waals surface area contributed by atoms with E-state index in [1.807, 2.05) is 4.90 Å². The molecule has 0 spiro atoms. The van der Waals surface area contributed by atoms with Crippen LogP contribution in [0, 0.1) is 6.92 Å². The number of halogens is 2. The summed E-state index contributed by atoms with van der Waals surface area (Å²) in [6.45, 7) is 7.01. The van der Waals surface area contributed by atoms with E-state index in [2.05, 4.69) is 36.1 Å². The predicted molar refractivity (Wildman–Crippen MR) is 104 cm³/mol. The molecular formula is C18H29Cl2N3O2. The molecule has 1 amide bonds. The minimum atomic E-state index is -0.271. The number of nitrogens with two attached hydrogens (primary N) is 1. The van der Waals surface area contributed by atoms with Crippen LogP contribution in [0.3, 0.4) is 0 Å². The van der Waals surface area contributed by atoms with Crippen molar-refractivity contribution >= 4 is 30.7 Å². The van der Waals surface area contributed by atoms with Crippen LogP contribution >= 0.6 is 24.8 Å². The van der Waals surface area contributed by atoms with Crippen molar-refractivity contribution in [3.8, 4) is 0 Å². The lowest BCUT2D eigenvalue weighted by Gasteiger charge is -2.35. The van der Waals surface area contributed by atoms with Crippen molar-refractivity contribution in [2.75, 3.05) is 32.7 Å². The molecule has 2 N–H and O–H groups in total. The Hall–Kier alpha value is -0.850. The first kappa shape index (κ1) is 22.2. The van der Waals surface area contributed by atoms with E-state index in [9.17, 15) is 4.79 Å². The average Bonchev–Trinajstić information content (AvgIpc) is 3.04. The Morgan fingerprint density at radius 2 is 1.92 bits per heavy atom. The minimum absolute atomic E-state index is 0. The van der Waals surface area contributed by atoms with Crippen LogP contribution in [-0.4, -0.2) is 60.6 Å². The number of ether oxygens (including phenoxy) is 1. The van der Waals surface area contributed by atoms with E-state index in [1.165, 1.54) is 11.1 Å². The van der Waals surface area contributed by atoms with Gasteiger partial charge in [-0.25, -0.2) is 0 Å². The first-order valence-corrected chi connectivity index (χ1v) is 8.58. The van der Waals surface area contributed by atoms with Gasteiger partial charge in [-0.3, -0.25) is 9.69 Å². The Balaban J connectivity index is 0.00000156. The first-order chi connectivity index (χ1) is 11.2. The smallest absolute Gasteiger partial charge is 0.251 e. The van der Waals surface area contributed by atoms with Gasteiger partial charge in [0.15, 0.2) is 0 Å². The van der Waals surface area contributed by atoms with Crippen molar-refractivity contribution in [1.82, 2.24) is 9.80 Å². The maximum atomic E-state index is 12.5. The zero-order valence-electron chi connectivity index (χ0n) is 14.7. The molecule has 0 saturated carbocycles. The van der Waals surface area contributed by atoms with Crippen LogP contribution in [0.5, 0.6) is 0 Å². The Bertz CT molecular complexity index is 551. The number of amides is 1. The summed E-state index contributed by atoms with van der Waals surface area (Å²) < 4.78 is 5.73. The maximum absolute atomic E-state index is 12.5. The number of benzene rings is 1. The van der Waals surface area contributed by atoms with E-state index in [1.54, 1.807) is 0 Å². The lowest BCUT2D eigenvalue weighted by molar-refractivity contribution is -0.144. The number of piperazine rings is 1. The lowest BCUT2D eigenvalue weighted by Crippen LogP contribution is -2.51. The van der Waals surface area contributed by atoms with E-state index >= 15 is 0 Å². The Morgan fingerprint density at radius 3 is 2.52 bits per heavy atom. The van der Waals surface area contributed by atoms with Crippen LogP contribution in [0.2, 0.25) is 0 Å². The monoisotopic (exact) mass is 389 g/mol. The van der Waals surface area contributed by atoms with E-state index < -0.39 is 0 Å². The summed E-state index contributed by atoms with van der Waals surface area (Å²) in [7, 11) is 0. The predicted octanol–water partition coefficient (Wildman–Crippen LogP) is 1.99. The molecule has 142 valence electrons. The van der Waals surface area contributed by atoms with Gasteiger partial charge in [-0.15, -0.1) is 24.8 Å². The standard InChI is InChI=1S/C18H27N3O2.2ClH/c1-14-3-2-4-15(11-14)13-20-7-9-21(10-8-20)18(22)17-6-5-16(12-19)23-17;;/h2-4,11,16-17H,5-10,12-13,19H2,1H3;2*1H/t16-,17+;;/m1../s1. The second-order valence-corrected chi connectivity index (χ2v) is 6.65. The van der Waals surface area contributed by atoms with Gasteiger partial charge in [0, 0.05) is 39.3 Å². The number of hydrogen-bond acceptors (Lipinski definition) is 4. The summed E-state index contributed by atoms with van der Waals surface area (Å²) in [6.07, 6.45) is 1.50. The van der Waals surface area contributed by atoms with Crippen molar-refractivity contribution in [2.24, 2.45) is 5.73 Å². The molecule has 2 fully saturated rings. The maximum Gasteiger partial charge on any atom is 0.251 e. The molecular weight excluding hydrogens is 361 g/mol. The molecule has 2 aliphatic heterocycles. The fourth-order valence-electron chi connectivity index (χ4n) is 3.46. The van der Waals surface area contributed by atoms with Gasteiger partial charge >= 0.3 is 0 Å².